The molecule has 0 saturated carbocycles. The molecular formula is C7H2ClIN2O2S. The van der Waals surface area contributed by atoms with E-state index in [1.54, 1.807) is 6.20 Å². The van der Waals surface area contributed by atoms with Crippen molar-refractivity contribution in [2.75, 3.05) is 0 Å². The molecule has 0 unspecified atom stereocenters. The van der Waals surface area contributed by atoms with Crippen LogP contribution in [0, 0.1) is 13.7 Å². The molecule has 2 heterocycles. The van der Waals surface area contributed by atoms with Crippen LogP contribution in [0.5, 0.6) is 0 Å². The minimum atomic E-state index is -0.442. The third-order valence-corrected chi connectivity index (χ3v) is 4.15. The van der Waals surface area contributed by atoms with Crippen LogP contribution in [0.3, 0.4) is 0 Å². The molecule has 0 radical (unpaired) electrons. The van der Waals surface area contributed by atoms with E-state index in [2.05, 4.69) is 27.6 Å². The van der Waals surface area contributed by atoms with Crippen molar-refractivity contribution in [3.8, 4) is 0 Å². The zero-order valence-corrected chi connectivity index (χ0v) is 10.3. The first-order valence-electron chi connectivity index (χ1n) is 3.47. The lowest BCUT2D eigenvalue weighted by atomic mass is 10.3. The van der Waals surface area contributed by atoms with Crippen molar-refractivity contribution in [3.63, 3.8) is 0 Å². The molecule has 0 bridgehead atoms. The normalized spacial score (nSPS) is 10.7. The van der Waals surface area contributed by atoms with Gasteiger partial charge in [0.25, 0.3) is 5.69 Å². The van der Waals surface area contributed by atoms with Gasteiger partial charge >= 0.3 is 0 Å². The predicted octanol–water partition coefficient (Wildman–Crippen LogP) is 3.46. The summed E-state index contributed by atoms with van der Waals surface area (Å²) in [6.07, 6.45) is 1.60. The second kappa shape index (κ2) is 3.59. The lowest BCUT2D eigenvalue weighted by molar-refractivity contribution is -0.382. The minimum Gasteiger partial charge on any atom is -0.258 e. The van der Waals surface area contributed by atoms with E-state index in [0.29, 0.717) is 5.39 Å². The third kappa shape index (κ3) is 1.47. The van der Waals surface area contributed by atoms with Crippen molar-refractivity contribution in [1.29, 1.82) is 0 Å². The maximum absolute atomic E-state index is 10.7. The molecule has 72 valence electrons. The molecular weight excluding hydrogens is 339 g/mol. The van der Waals surface area contributed by atoms with E-state index in [-0.39, 0.29) is 10.8 Å². The van der Waals surface area contributed by atoms with E-state index in [1.807, 2.05) is 0 Å². The SMILES string of the molecule is O=[N+]([O-])c1csc2c(I)cnc(Cl)c12. The van der Waals surface area contributed by atoms with Crippen LogP contribution in [0.1, 0.15) is 0 Å². The van der Waals surface area contributed by atoms with Crippen molar-refractivity contribution >= 4 is 61.3 Å². The average Bonchev–Trinajstić information content (AvgIpc) is 2.56. The number of nitro groups is 1. The zero-order valence-electron chi connectivity index (χ0n) is 6.53. The molecule has 0 aliphatic heterocycles. The number of rotatable bonds is 1. The smallest absolute Gasteiger partial charge is 0.258 e. The van der Waals surface area contributed by atoms with Gasteiger partial charge in [-0.25, -0.2) is 4.98 Å². The molecule has 2 aromatic heterocycles. The van der Waals surface area contributed by atoms with E-state index >= 15 is 0 Å². The van der Waals surface area contributed by atoms with Gasteiger partial charge < -0.3 is 0 Å². The van der Waals surface area contributed by atoms with Crippen LogP contribution >= 0.6 is 45.5 Å². The van der Waals surface area contributed by atoms with Gasteiger partial charge in [-0.05, 0) is 22.6 Å². The lowest BCUT2D eigenvalue weighted by Gasteiger charge is -1.95. The van der Waals surface area contributed by atoms with Crippen LogP contribution in [0.4, 0.5) is 5.69 Å². The van der Waals surface area contributed by atoms with Crippen molar-refractivity contribution in [2.24, 2.45) is 0 Å². The highest BCUT2D eigenvalue weighted by atomic mass is 127. The maximum atomic E-state index is 10.7. The fraction of sp³-hybridized carbons (Fsp3) is 0. The molecule has 0 fully saturated rings. The summed E-state index contributed by atoms with van der Waals surface area (Å²) in [5.74, 6) is 0. The van der Waals surface area contributed by atoms with Gasteiger partial charge in [0.05, 0.1) is 15.0 Å². The Morgan fingerprint density at radius 3 is 3.00 bits per heavy atom. The van der Waals surface area contributed by atoms with Gasteiger partial charge in [-0.1, -0.05) is 11.6 Å². The molecule has 0 aromatic carbocycles. The number of halogens is 2. The van der Waals surface area contributed by atoms with E-state index in [0.717, 1.165) is 8.27 Å². The first-order chi connectivity index (χ1) is 6.61. The summed E-state index contributed by atoms with van der Waals surface area (Å²) in [6, 6.07) is 0. The van der Waals surface area contributed by atoms with Crippen LogP contribution in [0.25, 0.3) is 10.1 Å². The third-order valence-electron chi connectivity index (χ3n) is 1.68. The van der Waals surface area contributed by atoms with Gasteiger partial charge in [0.15, 0.2) is 0 Å². The monoisotopic (exact) mass is 340 g/mol. The maximum Gasteiger partial charge on any atom is 0.290 e. The number of nitrogens with zero attached hydrogens (tertiary/aromatic N) is 2. The lowest BCUT2D eigenvalue weighted by Crippen LogP contribution is -1.87. The quantitative estimate of drug-likeness (QED) is 0.346. The van der Waals surface area contributed by atoms with Crippen LogP contribution in [-0.4, -0.2) is 9.91 Å². The molecule has 0 N–H and O–H groups in total. The molecule has 2 aromatic rings. The van der Waals surface area contributed by atoms with E-state index in [1.165, 1.54) is 16.7 Å². The Kier molecular flexibility index (Phi) is 2.58. The number of thiophene rings is 1. The predicted molar refractivity (Wildman–Crippen MR) is 64.0 cm³/mol. The topological polar surface area (TPSA) is 56.0 Å². The molecule has 4 nitrogen and oxygen atoms in total. The zero-order chi connectivity index (χ0) is 10.3. The highest BCUT2D eigenvalue weighted by molar-refractivity contribution is 14.1. The number of hydrogen-bond donors (Lipinski definition) is 0. The molecule has 0 amide bonds. The largest absolute Gasteiger partial charge is 0.290 e. The highest BCUT2D eigenvalue weighted by Gasteiger charge is 2.19. The highest BCUT2D eigenvalue weighted by Crippen LogP contribution is 2.38. The molecule has 2 rings (SSSR count). The Labute approximate surface area is 101 Å². The van der Waals surface area contributed by atoms with Gasteiger partial charge in [-0.15, -0.1) is 11.3 Å². The Balaban J connectivity index is 2.90. The second-order valence-electron chi connectivity index (χ2n) is 2.48. The minimum absolute atomic E-state index is 0.0287. The van der Waals surface area contributed by atoms with Crippen LogP contribution in [0.2, 0.25) is 5.15 Å². The van der Waals surface area contributed by atoms with E-state index in [9.17, 15) is 10.1 Å². The number of hydrogen-bond acceptors (Lipinski definition) is 4. The molecule has 0 aliphatic rings. The number of pyridine rings is 1. The summed E-state index contributed by atoms with van der Waals surface area (Å²) in [5.41, 5.74) is 0.0287. The Morgan fingerprint density at radius 2 is 2.36 bits per heavy atom. The van der Waals surface area contributed by atoms with Crippen molar-refractivity contribution in [2.45, 2.75) is 0 Å². The molecule has 14 heavy (non-hydrogen) atoms. The average molecular weight is 341 g/mol. The fourth-order valence-corrected chi connectivity index (χ4v) is 3.10. The molecule has 7 heteroatoms. The first-order valence-corrected chi connectivity index (χ1v) is 5.80. The first kappa shape index (κ1) is 10.1. The van der Waals surface area contributed by atoms with Crippen LogP contribution in [0.15, 0.2) is 11.6 Å². The van der Waals surface area contributed by atoms with Gasteiger partial charge in [0.2, 0.25) is 0 Å². The van der Waals surface area contributed by atoms with Gasteiger partial charge in [0.1, 0.15) is 10.5 Å². The summed E-state index contributed by atoms with van der Waals surface area (Å²) >= 11 is 9.20. The second-order valence-corrected chi connectivity index (χ2v) is 4.88. The standard InChI is InChI=1S/C7H2ClIN2O2S/c8-7-5-4(11(12)13)2-14-6(5)3(9)1-10-7/h1-2H. The van der Waals surface area contributed by atoms with Crippen LogP contribution < -0.4 is 0 Å². The van der Waals surface area contributed by atoms with Crippen molar-refractivity contribution in [3.05, 3.63) is 30.4 Å². The number of aromatic nitrogens is 1. The van der Waals surface area contributed by atoms with Crippen LogP contribution in [-0.2, 0) is 0 Å². The number of fused-ring (bicyclic) bond motifs is 1. The summed E-state index contributed by atoms with van der Waals surface area (Å²) in [7, 11) is 0. The Hall–Kier alpha value is -0.470. The summed E-state index contributed by atoms with van der Waals surface area (Å²) in [6.45, 7) is 0. The Bertz CT molecular complexity index is 528. The van der Waals surface area contributed by atoms with Gasteiger partial charge in [0, 0.05) is 9.77 Å². The molecule has 0 saturated heterocycles. The summed E-state index contributed by atoms with van der Waals surface area (Å²) in [5, 5.41) is 12.8. The van der Waals surface area contributed by atoms with Gasteiger partial charge in [-0.3, -0.25) is 10.1 Å². The molecule has 0 spiro atoms. The molecule has 0 aliphatic carbocycles. The summed E-state index contributed by atoms with van der Waals surface area (Å²) < 4.78 is 1.69. The Morgan fingerprint density at radius 1 is 1.64 bits per heavy atom. The fourth-order valence-electron chi connectivity index (χ4n) is 1.09. The summed E-state index contributed by atoms with van der Waals surface area (Å²) in [4.78, 5) is 14.1. The molecule has 0 atom stereocenters. The van der Waals surface area contributed by atoms with Gasteiger partial charge in [-0.2, -0.15) is 0 Å². The van der Waals surface area contributed by atoms with Crippen molar-refractivity contribution in [1.82, 2.24) is 4.98 Å². The van der Waals surface area contributed by atoms with Crippen molar-refractivity contribution < 1.29 is 4.92 Å². The van der Waals surface area contributed by atoms with E-state index < -0.39 is 4.92 Å². The van der Waals surface area contributed by atoms with E-state index in [4.69, 9.17) is 11.6 Å².